The summed E-state index contributed by atoms with van der Waals surface area (Å²) >= 11 is 0. The third-order valence-electron chi connectivity index (χ3n) is 4.95. The summed E-state index contributed by atoms with van der Waals surface area (Å²) in [5, 5.41) is 15.9. The maximum absolute atomic E-state index is 9.22. The van der Waals surface area contributed by atoms with Gasteiger partial charge in [0, 0.05) is 32.0 Å². The van der Waals surface area contributed by atoms with Crippen LogP contribution in [0.25, 0.3) is 0 Å². The van der Waals surface area contributed by atoms with Gasteiger partial charge in [-0.3, -0.25) is 0 Å². The zero-order valence-electron chi connectivity index (χ0n) is 16.9. The SMILES string of the molecule is CCCC(CCO)CNC(=NCc1ccnc(OC2CCCC2)c1)NCC. The average molecular weight is 377 g/mol. The Bertz CT molecular complexity index is 553. The first kappa shape index (κ1) is 21.5. The molecule has 1 atom stereocenters. The van der Waals surface area contributed by atoms with E-state index in [2.05, 4.69) is 29.5 Å². The molecule has 3 N–H and O–H groups in total. The van der Waals surface area contributed by atoms with E-state index in [0.29, 0.717) is 24.4 Å². The first-order valence-corrected chi connectivity index (χ1v) is 10.5. The van der Waals surface area contributed by atoms with E-state index in [1.165, 1.54) is 12.8 Å². The summed E-state index contributed by atoms with van der Waals surface area (Å²) in [6.45, 7) is 6.70. The molecule has 0 aliphatic heterocycles. The number of aromatic nitrogens is 1. The zero-order valence-corrected chi connectivity index (χ0v) is 16.9. The van der Waals surface area contributed by atoms with Crippen molar-refractivity contribution in [2.45, 2.75) is 71.4 Å². The maximum atomic E-state index is 9.22. The van der Waals surface area contributed by atoms with Crippen molar-refractivity contribution in [3.8, 4) is 5.88 Å². The summed E-state index contributed by atoms with van der Waals surface area (Å²) in [5.74, 6) is 1.99. The van der Waals surface area contributed by atoms with Crippen molar-refractivity contribution in [3.63, 3.8) is 0 Å². The lowest BCUT2D eigenvalue weighted by molar-refractivity contribution is 0.201. The minimum absolute atomic E-state index is 0.237. The number of hydrogen-bond acceptors (Lipinski definition) is 4. The van der Waals surface area contributed by atoms with Crippen molar-refractivity contribution in [1.82, 2.24) is 15.6 Å². The van der Waals surface area contributed by atoms with Gasteiger partial charge in [-0.1, -0.05) is 13.3 Å². The van der Waals surface area contributed by atoms with E-state index in [4.69, 9.17) is 9.73 Å². The molecule has 1 aliphatic rings. The van der Waals surface area contributed by atoms with Crippen molar-refractivity contribution < 1.29 is 9.84 Å². The molecule has 1 unspecified atom stereocenters. The van der Waals surface area contributed by atoms with E-state index in [0.717, 1.165) is 56.7 Å². The van der Waals surface area contributed by atoms with Gasteiger partial charge in [-0.2, -0.15) is 0 Å². The molecule has 6 nitrogen and oxygen atoms in total. The van der Waals surface area contributed by atoms with Crippen LogP contribution in [0.5, 0.6) is 5.88 Å². The van der Waals surface area contributed by atoms with Crippen LogP contribution < -0.4 is 15.4 Å². The summed E-state index contributed by atoms with van der Waals surface area (Å²) in [4.78, 5) is 9.04. The third kappa shape index (κ3) is 8.16. The number of aliphatic imine (C=N–C) groups is 1. The number of pyridine rings is 1. The summed E-state index contributed by atoms with van der Waals surface area (Å²) in [5.41, 5.74) is 1.09. The van der Waals surface area contributed by atoms with Crippen molar-refractivity contribution in [1.29, 1.82) is 0 Å². The first-order valence-electron chi connectivity index (χ1n) is 10.5. The monoisotopic (exact) mass is 376 g/mol. The molecule has 152 valence electrons. The Morgan fingerprint density at radius 3 is 2.81 bits per heavy atom. The summed E-state index contributed by atoms with van der Waals surface area (Å²) in [6, 6.07) is 3.98. The number of nitrogens with zero attached hydrogens (tertiary/aromatic N) is 2. The van der Waals surface area contributed by atoms with E-state index in [-0.39, 0.29) is 6.61 Å². The standard InChI is InChI=1S/C21H36N4O2/c1-3-7-17(11-13-26)15-24-21(22-4-2)25-16-18-10-12-23-20(14-18)27-19-8-5-6-9-19/h10,12,14,17,19,26H,3-9,11,13,15-16H2,1-2H3,(H2,22,24,25). The molecule has 1 fully saturated rings. The fourth-order valence-corrected chi connectivity index (χ4v) is 3.48. The predicted octanol–water partition coefficient (Wildman–Crippen LogP) is 3.26. The quantitative estimate of drug-likeness (QED) is 0.408. The third-order valence-corrected chi connectivity index (χ3v) is 4.95. The number of aliphatic hydroxyl groups is 1. The van der Waals surface area contributed by atoms with Crippen LogP contribution >= 0.6 is 0 Å². The van der Waals surface area contributed by atoms with Crippen LogP contribution in [-0.2, 0) is 6.54 Å². The number of guanidine groups is 1. The second kappa shape index (κ2) is 12.5. The molecule has 0 aromatic carbocycles. The molecule has 1 saturated carbocycles. The van der Waals surface area contributed by atoms with Gasteiger partial charge >= 0.3 is 0 Å². The van der Waals surface area contributed by atoms with Gasteiger partial charge in [-0.15, -0.1) is 0 Å². The van der Waals surface area contributed by atoms with Crippen molar-refractivity contribution >= 4 is 5.96 Å². The van der Waals surface area contributed by atoms with Crippen LogP contribution in [0.1, 0.15) is 64.4 Å². The second-order valence-electron chi connectivity index (χ2n) is 7.27. The number of nitrogens with one attached hydrogen (secondary N) is 2. The van der Waals surface area contributed by atoms with E-state index >= 15 is 0 Å². The average Bonchev–Trinajstić information content (AvgIpc) is 3.17. The summed E-state index contributed by atoms with van der Waals surface area (Å²) < 4.78 is 5.99. The molecule has 1 aliphatic carbocycles. The molecule has 27 heavy (non-hydrogen) atoms. The molecule has 6 heteroatoms. The lowest BCUT2D eigenvalue weighted by atomic mass is 10.0. The summed E-state index contributed by atoms with van der Waals surface area (Å²) in [7, 11) is 0. The molecule has 1 heterocycles. The molecule has 0 bridgehead atoms. The fraction of sp³-hybridized carbons (Fsp3) is 0.714. The highest BCUT2D eigenvalue weighted by Crippen LogP contribution is 2.23. The Balaban J connectivity index is 1.90. The highest BCUT2D eigenvalue weighted by molar-refractivity contribution is 5.79. The van der Waals surface area contributed by atoms with Crippen LogP contribution in [0, 0.1) is 5.92 Å². The van der Waals surface area contributed by atoms with Gasteiger partial charge in [0.05, 0.1) is 6.54 Å². The first-order chi connectivity index (χ1) is 13.2. The lowest BCUT2D eigenvalue weighted by Gasteiger charge is -2.18. The minimum atomic E-state index is 0.237. The van der Waals surface area contributed by atoms with E-state index < -0.39 is 0 Å². The highest BCUT2D eigenvalue weighted by Gasteiger charge is 2.17. The molecule has 0 saturated heterocycles. The van der Waals surface area contributed by atoms with Crippen molar-refractivity contribution in [3.05, 3.63) is 23.9 Å². The number of aliphatic hydroxyl groups excluding tert-OH is 1. The van der Waals surface area contributed by atoms with Crippen molar-refractivity contribution in [2.75, 3.05) is 19.7 Å². The number of hydrogen-bond donors (Lipinski definition) is 3. The van der Waals surface area contributed by atoms with Crippen LogP contribution in [0.4, 0.5) is 0 Å². The molecular formula is C21H36N4O2. The number of ether oxygens (including phenoxy) is 1. The van der Waals surface area contributed by atoms with Gasteiger partial charge in [0.2, 0.25) is 5.88 Å². The van der Waals surface area contributed by atoms with Crippen LogP contribution in [0.3, 0.4) is 0 Å². The lowest BCUT2D eigenvalue weighted by Crippen LogP contribution is -2.40. The molecule has 0 spiro atoms. The van der Waals surface area contributed by atoms with Crippen molar-refractivity contribution in [2.24, 2.45) is 10.9 Å². The van der Waals surface area contributed by atoms with Crippen LogP contribution in [-0.4, -0.2) is 41.9 Å². The van der Waals surface area contributed by atoms with Gasteiger partial charge in [0.1, 0.15) is 6.10 Å². The predicted molar refractivity (Wildman–Crippen MR) is 110 cm³/mol. The molecular weight excluding hydrogens is 340 g/mol. The van der Waals surface area contributed by atoms with Gasteiger partial charge in [-0.05, 0) is 63.0 Å². The molecule has 2 rings (SSSR count). The molecule has 1 aromatic rings. The van der Waals surface area contributed by atoms with Crippen LogP contribution in [0.2, 0.25) is 0 Å². The summed E-state index contributed by atoms with van der Waals surface area (Å²) in [6.07, 6.45) is 9.94. The van der Waals surface area contributed by atoms with Gasteiger partial charge in [0.25, 0.3) is 0 Å². The fourth-order valence-electron chi connectivity index (χ4n) is 3.48. The topological polar surface area (TPSA) is 78.8 Å². The van der Waals surface area contributed by atoms with Gasteiger partial charge in [-0.25, -0.2) is 9.98 Å². The minimum Gasteiger partial charge on any atom is -0.474 e. The second-order valence-corrected chi connectivity index (χ2v) is 7.27. The Morgan fingerprint density at radius 1 is 1.30 bits per heavy atom. The van der Waals surface area contributed by atoms with E-state index in [1.807, 2.05) is 12.1 Å². The normalized spacial score (nSPS) is 16.3. The Morgan fingerprint density at radius 2 is 2.11 bits per heavy atom. The van der Waals surface area contributed by atoms with Gasteiger partial charge < -0.3 is 20.5 Å². The van der Waals surface area contributed by atoms with Crippen LogP contribution in [0.15, 0.2) is 23.3 Å². The molecule has 0 amide bonds. The van der Waals surface area contributed by atoms with Gasteiger partial charge in [0.15, 0.2) is 5.96 Å². The molecule has 1 aromatic heterocycles. The van der Waals surface area contributed by atoms with E-state index in [9.17, 15) is 5.11 Å². The Kier molecular flexibility index (Phi) is 9.98. The highest BCUT2D eigenvalue weighted by atomic mass is 16.5. The Labute approximate surface area is 163 Å². The zero-order chi connectivity index (χ0) is 19.3. The Hall–Kier alpha value is -1.82. The largest absolute Gasteiger partial charge is 0.474 e. The maximum Gasteiger partial charge on any atom is 0.213 e. The number of rotatable bonds is 11. The smallest absolute Gasteiger partial charge is 0.213 e. The van der Waals surface area contributed by atoms with E-state index in [1.54, 1.807) is 6.20 Å². The molecule has 0 radical (unpaired) electrons.